The van der Waals surface area contributed by atoms with Crippen LogP contribution in [0.3, 0.4) is 0 Å². The maximum Gasteiger partial charge on any atom is 0.231 e. The van der Waals surface area contributed by atoms with Gasteiger partial charge in [-0.05, 0) is 54.8 Å². The van der Waals surface area contributed by atoms with Crippen molar-refractivity contribution in [1.82, 2.24) is 4.90 Å². The van der Waals surface area contributed by atoms with E-state index in [0.717, 1.165) is 46.0 Å². The first kappa shape index (κ1) is 21.1. The lowest BCUT2D eigenvalue weighted by Gasteiger charge is -2.30. The highest BCUT2D eigenvalue weighted by atomic mass is 35.5. The summed E-state index contributed by atoms with van der Waals surface area (Å²) in [4.78, 5) is 15.3. The zero-order valence-electron chi connectivity index (χ0n) is 17.5. The minimum Gasteiger partial charge on any atom is -0.477 e. The summed E-state index contributed by atoms with van der Waals surface area (Å²) in [5.41, 5.74) is 4.41. The fraction of sp³-hybridized carbons (Fsp3) is 0.192. The van der Waals surface area contributed by atoms with Gasteiger partial charge in [-0.3, -0.25) is 9.69 Å². The fourth-order valence-corrected chi connectivity index (χ4v) is 4.49. The molecule has 0 saturated heterocycles. The lowest BCUT2D eigenvalue weighted by molar-refractivity contribution is 0.0954. The van der Waals surface area contributed by atoms with Gasteiger partial charge >= 0.3 is 0 Å². The smallest absolute Gasteiger partial charge is 0.231 e. The molecule has 0 unspecified atom stereocenters. The Balaban J connectivity index is 1.36. The minimum atomic E-state index is -0.117. The molecule has 4 nitrogen and oxygen atoms in total. The van der Waals surface area contributed by atoms with Gasteiger partial charge in [0.25, 0.3) is 0 Å². The van der Waals surface area contributed by atoms with Crippen LogP contribution >= 0.6 is 23.2 Å². The molecular formula is C26H21Cl2NO3. The number of fused-ring (bicyclic) bond motifs is 2. The van der Waals surface area contributed by atoms with Gasteiger partial charge in [0.2, 0.25) is 5.78 Å². The second kappa shape index (κ2) is 8.62. The van der Waals surface area contributed by atoms with Crippen LogP contribution in [0.2, 0.25) is 10.0 Å². The summed E-state index contributed by atoms with van der Waals surface area (Å²) in [5, 5.41) is 1.43. The molecule has 0 spiro atoms. The van der Waals surface area contributed by atoms with E-state index in [1.165, 1.54) is 0 Å². The summed E-state index contributed by atoms with van der Waals surface area (Å²) in [6, 6.07) is 17.1. The molecule has 0 aliphatic carbocycles. The standard InChI is InChI=1S/C26H21Cl2NO3/c1-16-25-19(14-29(15-31-25)11-10-18-4-2-3-5-22(18)28)13-21-24(30)23(32-26(16)21)12-17-6-8-20(27)9-7-17/h2-9,12-13H,10-11,14-15H2,1H3/b23-12-. The van der Waals surface area contributed by atoms with Crippen LogP contribution in [0, 0.1) is 6.92 Å². The van der Waals surface area contributed by atoms with Gasteiger partial charge < -0.3 is 9.47 Å². The minimum absolute atomic E-state index is 0.117. The van der Waals surface area contributed by atoms with E-state index in [1.54, 1.807) is 18.2 Å². The molecule has 0 atom stereocenters. The molecule has 5 rings (SSSR count). The Kier molecular flexibility index (Phi) is 5.68. The Labute approximate surface area is 197 Å². The Morgan fingerprint density at radius 1 is 1.06 bits per heavy atom. The number of carbonyl (C=O) groups excluding carboxylic acids is 1. The molecule has 2 heterocycles. The van der Waals surface area contributed by atoms with E-state index in [9.17, 15) is 4.79 Å². The lowest BCUT2D eigenvalue weighted by Crippen LogP contribution is -2.34. The maximum absolute atomic E-state index is 13.0. The highest BCUT2D eigenvalue weighted by Gasteiger charge is 2.33. The Morgan fingerprint density at radius 2 is 1.84 bits per heavy atom. The normalized spacial score (nSPS) is 16.5. The van der Waals surface area contributed by atoms with Crippen molar-refractivity contribution in [3.05, 3.63) is 98.2 Å². The van der Waals surface area contributed by atoms with E-state index in [1.807, 2.05) is 49.4 Å². The van der Waals surface area contributed by atoms with E-state index in [0.29, 0.717) is 35.4 Å². The van der Waals surface area contributed by atoms with Gasteiger partial charge in [-0.25, -0.2) is 0 Å². The van der Waals surface area contributed by atoms with E-state index < -0.39 is 0 Å². The monoisotopic (exact) mass is 465 g/mol. The molecule has 0 amide bonds. The number of hydrogen-bond acceptors (Lipinski definition) is 4. The largest absolute Gasteiger partial charge is 0.477 e. The molecule has 0 saturated carbocycles. The fourth-order valence-electron chi connectivity index (χ4n) is 4.13. The van der Waals surface area contributed by atoms with Gasteiger partial charge in [0.1, 0.15) is 18.2 Å². The van der Waals surface area contributed by atoms with Crippen molar-refractivity contribution in [3.8, 4) is 11.5 Å². The molecule has 2 aliphatic heterocycles. The Morgan fingerprint density at radius 3 is 2.62 bits per heavy atom. The molecule has 2 aliphatic rings. The van der Waals surface area contributed by atoms with Crippen molar-refractivity contribution in [2.24, 2.45) is 0 Å². The van der Waals surface area contributed by atoms with Crippen molar-refractivity contribution >= 4 is 35.1 Å². The first-order valence-corrected chi connectivity index (χ1v) is 11.2. The molecule has 0 radical (unpaired) electrons. The van der Waals surface area contributed by atoms with Crippen molar-refractivity contribution in [1.29, 1.82) is 0 Å². The van der Waals surface area contributed by atoms with Crippen molar-refractivity contribution in [2.45, 2.75) is 19.9 Å². The summed E-state index contributed by atoms with van der Waals surface area (Å²) in [5.74, 6) is 1.58. The molecule has 0 aromatic heterocycles. The van der Waals surface area contributed by atoms with Crippen LogP contribution in [0.5, 0.6) is 11.5 Å². The van der Waals surface area contributed by atoms with Gasteiger partial charge in [-0.15, -0.1) is 0 Å². The topological polar surface area (TPSA) is 38.8 Å². The number of benzene rings is 3. The number of nitrogens with zero attached hydrogens (tertiary/aromatic N) is 1. The number of hydrogen-bond donors (Lipinski definition) is 0. The summed E-state index contributed by atoms with van der Waals surface area (Å²) >= 11 is 12.2. The quantitative estimate of drug-likeness (QED) is 0.423. The van der Waals surface area contributed by atoms with Crippen LogP contribution in [0.4, 0.5) is 0 Å². The number of Topliss-reactive ketones (excluding diaryl/α,β-unsaturated/α-hetero) is 1. The van der Waals surface area contributed by atoms with E-state index >= 15 is 0 Å². The van der Waals surface area contributed by atoms with Crippen LogP contribution < -0.4 is 9.47 Å². The van der Waals surface area contributed by atoms with Gasteiger partial charge in [0.05, 0.1) is 5.56 Å². The van der Waals surface area contributed by atoms with Crippen LogP contribution in [-0.4, -0.2) is 24.0 Å². The SMILES string of the molecule is Cc1c2c(cc3c1O/C(=C\c1ccc(Cl)cc1)C3=O)CN(CCc1ccccc1Cl)CO2. The van der Waals surface area contributed by atoms with Gasteiger partial charge in [0.15, 0.2) is 5.76 Å². The highest BCUT2D eigenvalue weighted by Crippen LogP contribution is 2.43. The third kappa shape index (κ3) is 4.02. The predicted molar refractivity (Wildman–Crippen MR) is 127 cm³/mol. The van der Waals surface area contributed by atoms with Crippen molar-refractivity contribution in [3.63, 3.8) is 0 Å². The first-order chi connectivity index (χ1) is 15.5. The third-order valence-electron chi connectivity index (χ3n) is 5.82. The van der Waals surface area contributed by atoms with Crippen LogP contribution in [-0.2, 0) is 13.0 Å². The van der Waals surface area contributed by atoms with Crippen LogP contribution in [0.15, 0.2) is 60.4 Å². The predicted octanol–water partition coefficient (Wildman–Crippen LogP) is 6.31. The van der Waals surface area contributed by atoms with Crippen LogP contribution in [0.1, 0.15) is 32.6 Å². The molecule has 3 aromatic carbocycles. The zero-order chi connectivity index (χ0) is 22.2. The highest BCUT2D eigenvalue weighted by molar-refractivity contribution is 6.31. The van der Waals surface area contributed by atoms with Gasteiger partial charge in [-0.1, -0.05) is 53.5 Å². The number of halogens is 2. The van der Waals surface area contributed by atoms with Gasteiger partial charge in [-0.2, -0.15) is 0 Å². The zero-order valence-corrected chi connectivity index (χ0v) is 19.0. The average Bonchev–Trinajstić information content (AvgIpc) is 3.10. The Hall–Kier alpha value is -2.79. The molecule has 0 bridgehead atoms. The summed E-state index contributed by atoms with van der Waals surface area (Å²) in [6.07, 6.45) is 2.58. The van der Waals surface area contributed by atoms with Crippen molar-refractivity contribution < 1.29 is 14.3 Å². The Bertz CT molecular complexity index is 1230. The summed E-state index contributed by atoms with van der Waals surface area (Å²) in [6.45, 7) is 3.94. The number of ether oxygens (including phenoxy) is 2. The molecular weight excluding hydrogens is 445 g/mol. The molecule has 6 heteroatoms. The second-order valence-electron chi connectivity index (χ2n) is 8.03. The molecule has 162 valence electrons. The van der Waals surface area contributed by atoms with E-state index in [4.69, 9.17) is 32.7 Å². The van der Waals surface area contributed by atoms with E-state index in [2.05, 4.69) is 4.90 Å². The third-order valence-corrected chi connectivity index (χ3v) is 6.45. The summed E-state index contributed by atoms with van der Waals surface area (Å²) in [7, 11) is 0. The van der Waals surface area contributed by atoms with Crippen molar-refractivity contribution in [2.75, 3.05) is 13.3 Å². The number of ketones is 1. The molecule has 0 N–H and O–H groups in total. The molecule has 32 heavy (non-hydrogen) atoms. The number of carbonyl (C=O) groups is 1. The van der Waals surface area contributed by atoms with Gasteiger partial charge in [0, 0.05) is 34.3 Å². The molecule has 3 aromatic rings. The second-order valence-corrected chi connectivity index (χ2v) is 8.87. The number of allylic oxidation sites excluding steroid dienone is 1. The maximum atomic E-state index is 13.0. The average molecular weight is 466 g/mol. The van der Waals surface area contributed by atoms with Crippen LogP contribution in [0.25, 0.3) is 6.08 Å². The number of rotatable bonds is 4. The van der Waals surface area contributed by atoms with E-state index in [-0.39, 0.29) is 5.78 Å². The molecule has 0 fully saturated rings. The summed E-state index contributed by atoms with van der Waals surface area (Å²) < 4.78 is 12.0. The lowest BCUT2D eigenvalue weighted by atomic mass is 10.00. The first-order valence-electron chi connectivity index (χ1n) is 10.4.